The maximum absolute atomic E-state index is 12.4. The lowest BCUT2D eigenvalue weighted by Gasteiger charge is -2.31. The van der Waals surface area contributed by atoms with Crippen molar-refractivity contribution in [2.45, 2.75) is 38.1 Å². The number of rotatable bonds is 2. The van der Waals surface area contributed by atoms with Gasteiger partial charge in [-0.05, 0) is 39.9 Å². The average Bonchev–Trinajstić information content (AvgIpc) is 3.09. The van der Waals surface area contributed by atoms with E-state index < -0.39 is 0 Å². The number of anilines is 1. The Morgan fingerprint density at radius 2 is 2.00 bits per heavy atom. The Labute approximate surface area is 151 Å². The summed E-state index contributed by atoms with van der Waals surface area (Å²) in [5.74, 6) is 0.742. The van der Waals surface area contributed by atoms with Crippen LogP contribution in [0.5, 0.6) is 0 Å². The van der Waals surface area contributed by atoms with Crippen molar-refractivity contribution in [1.29, 1.82) is 0 Å². The molecule has 0 aliphatic carbocycles. The fourth-order valence-electron chi connectivity index (χ4n) is 4.05. The van der Waals surface area contributed by atoms with Crippen LogP contribution in [0.15, 0.2) is 6.20 Å². The van der Waals surface area contributed by atoms with Gasteiger partial charge in [-0.2, -0.15) is 10.2 Å². The number of carbonyl (C=O) groups excluding carboxylic acids is 1. The number of nitrogens with zero attached hydrogens (tertiary/aromatic N) is 5. The summed E-state index contributed by atoms with van der Waals surface area (Å²) < 4.78 is 3.67. The fourth-order valence-corrected chi connectivity index (χ4v) is 4.36. The second-order valence-corrected chi connectivity index (χ2v) is 7.50. The smallest absolute Gasteiger partial charge is 0.226 e. The summed E-state index contributed by atoms with van der Waals surface area (Å²) in [6, 6.07) is 0.324. The summed E-state index contributed by atoms with van der Waals surface area (Å²) in [6.07, 6.45) is 4.34. The maximum atomic E-state index is 12.4. The Morgan fingerprint density at radius 3 is 2.64 bits per heavy atom. The third-order valence-corrected chi connectivity index (χ3v) is 5.87. The Kier molecular flexibility index (Phi) is 4.08. The van der Waals surface area contributed by atoms with Gasteiger partial charge in [-0.3, -0.25) is 9.48 Å². The largest absolute Gasteiger partial charge is 0.311 e. The highest BCUT2D eigenvalue weighted by molar-refractivity contribution is 6.30. The number of piperidine rings is 1. The quantitative estimate of drug-likeness (QED) is 0.890. The molecule has 25 heavy (non-hydrogen) atoms. The number of aromatic nitrogens is 4. The molecule has 0 unspecified atom stereocenters. The molecule has 8 heteroatoms. The highest BCUT2D eigenvalue weighted by Crippen LogP contribution is 2.42. The van der Waals surface area contributed by atoms with Crippen molar-refractivity contribution < 1.29 is 4.79 Å². The molecule has 2 aromatic heterocycles. The monoisotopic (exact) mass is 362 g/mol. The van der Waals surface area contributed by atoms with Crippen LogP contribution in [-0.2, 0) is 11.8 Å². The molecule has 1 saturated heterocycles. The molecule has 0 saturated carbocycles. The van der Waals surface area contributed by atoms with E-state index in [0.29, 0.717) is 17.6 Å². The zero-order valence-corrected chi connectivity index (χ0v) is 15.5. The molecule has 0 spiro atoms. The molecule has 0 radical (unpaired) electrons. The highest BCUT2D eigenvalue weighted by atomic mass is 35.5. The van der Waals surface area contributed by atoms with Crippen molar-refractivity contribution in [2.75, 3.05) is 25.5 Å². The lowest BCUT2D eigenvalue weighted by Crippen LogP contribution is -2.33. The number of amides is 1. The second kappa shape index (κ2) is 6.14. The number of hydrogen-bond donors (Lipinski definition) is 1. The van der Waals surface area contributed by atoms with E-state index in [4.69, 9.17) is 11.6 Å². The number of fused-ring (bicyclic) bond motifs is 1. The number of halogens is 1. The van der Waals surface area contributed by atoms with Gasteiger partial charge in [-0.25, -0.2) is 4.68 Å². The highest BCUT2D eigenvalue weighted by Gasteiger charge is 2.35. The minimum Gasteiger partial charge on any atom is -0.311 e. The van der Waals surface area contributed by atoms with E-state index in [9.17, 15) is 4.79 Å². The first-order valence-electron chi connectivity index (χ1n) is 8.70. The topological polar surface area (TPSA) is 68.0 Å². The van der Waals surface area contributed by atoms with Gasteiger partial charge in [0.1, 0.15) is 11.0 Å². The number of likely N-dealkylation sites (tertiary alicyclic amines) is 1. The van der Waals surface area contributed by atoms with Crippen LogP contribution in [-0.4, -0.2) is 50.5 Å². The molecule has 2 aliphatic heterocycles. The zero-order valence-electron chi connectivity index (χ0n) is 14.8. The van der Waals surface area contributed by atoms with E-state index in [1.807, 2.05) is 24.9 Å². The molecule has 0 aromatic carbocycles. The van der Waals surface area contributed by atoms with E-state index in [1.165, 1.54) is 0 Å². The Balaban J connectivity index is 1.74. The molecule has 1 amide bonds. The first-order valence-corrected chi connectivity index (χ1v) is 9.08. The number of hydrogen-bond acceptors (Lipinski definition) is 4. The van der Waals surface area contributed by atoms with Crippen molar-refractivity contribution in [2.24, 2.45) is 7.05 Å². The third kappa shape index (κ3) is 2.75. The van der Waals surface area contributed by atoms with Crippen LogP contribution in [0.4, 0.5) is 5.82 Å². The van der Waals surface area contributed by atoms with Crippen molar-refractivity contribution in [1.82, 2.24) is 24.5 Å². The molecule has 1 fully saturated rings. The van der Waals surface area contributed by atoms with Crippen molar-refractivity contribution >= 4 is 23.3 Å². The van der Waals surface area contributed by atoms with Crippen LogP contribution < -0.4 is 5.32 Å². The standard InChI is InChI=1S/C17H23ClN6O/c1-10-15(16(18)23(3)21-10)12-8-14(25)20-17-13(12)9-19-24(17)11-4-6-22(2)7-5-11/h9,11-12H,4-8H2,1-3H3,(H,20,25)/t12-/m1/s1. The summed E-state index contributed by atoms with van der Waals surface area (Å²) in [6.45, 7) is 4.03. The number of carbonyl (C=O) groups is 1. The first kappa shape index (κ1) is 16.6. The van der Waals surface area contributed by atoms with Crippen molar-refractivity contribution in [3.63, 3.8) is 0 Å². The molecule has 7 nitrogen and oxygen atoms in total. The Hall–Kier alpha value is -1.86. The molecule has 2 aromatic rings. The van der Waals surface area contributed by atoms with Crippen LogP contribution in [0.25, 0.3) is 0 Å². The van der Waals surface area contributed by atoms with Gasteiger partial charge in [-0.1, -0.05) is 11.6 Å². The maximum Gasteiger partial charge on any atom is 0.226 e. The Morgan fingerprint density at radius 1 is 1.28 bits per heavy atom. The van der Waals surface area contributed by atoms with Gasteiger partial charge in [0.15, 0.2) is 0 Å². The van der Waals surface area contributed by atoms with Crippen molar-refractivity contribution in [3.05, 3.63) is 28.2 Å². The predicted molar refractivity (Wildman–Crippen MR) is 96.0 cm³/mol. The van der Waals surface area contributed by atoms with Gasteiger partial charge < -0.3 is 10.2 Å². The summed E-state index contributed by atoms with van der Waals surface area (Å²) >= 11 is 6.47. The number of aryl methyl sites for hydroxylation is 2. The molecular formula is C17H23ClN6O. The SMILES string of the molecule is Cc1nn(C)c(Cl)c1[C@@H]1CC(=O)Nc2c1cnn2C1CCN(C)CC1. The summed E-state index contributed by atoms with van der Waals surface area (Å²) in [5, 5.41) is 12.7. The van der Waals surface area contributed by atoms with Crippen LogP contribution >= 0.6 is 11.6 Å². The van der Waals surface area contributed by atoms with Gasteiger partial charge in [0.05, 0.1) is 17.9 Å². The van der Waals surface area contributed by atoms with Crippen LogP contribution in [0.3, 0.4) is 0 Å². The van der Waals surface area contributed by atoms with Gasteiger partial charge in [-0.15, -0.1) is 0 Å². The van der Waals surface area contributed by atoms with E-state index in [-0.39, 0.29) is 11.8 Å². The molecule has 2 aliphatic rings. The minimum absolute atomic E-state index is 0.00602. The van der Waals surface area contributed by atoms with Gasteiger partial charge in [0, 0.05) is 30.5 Å². The first-order chi connectivity index (χ1) is 12.0. The summed E-state index contributed by atoms with van der Waals surface area (Å²) in [5.41, 5.74) is 2.84. The van der Waals surface area contributed by atoms with Crippen LogP contribution in [0.2, 0.25) is 5.15 Å². The van der Waals surface area contributed by atoms with E-state index in [0.717, 1.165) is 48.6 Å². The minimum atomic E-state index is -0.0926. The molecule has 1 atom stereocenters. The fraction of sp³-hybridized carbons (Fsp3) is 0.588. The second-order valence-electron chi connectivity index (χ2n) is 7.15. The lowest BCUT2D eigenvalue weighted by molar-refractivity contribution is -0.116. The summed E-state index contributed by atoms with van der Waals surface area (Å²) in [4.78, 5) is 14.7. The van der Waals surface area contributed by atoms with Crippen LogP contribution in [0, 0.1) is 6.92 Å². The zero-order chi connectivity index (χ0) is 17.7. The normalized spacial score (nSPS) is 22.1. The van der Waals surface area contributed by atoms with E-state index in [1.54, 1.807) is 4.68 Å². The molecule has 134 valence electrons. The Bertz CT molecular complexity index is 817. The predicted octanol–water partition coefficient (Wildman–Crippen LogP) is 2.32. The lowest BCUT2D eigenvalue weighted by atomic mass is 9.87. The van der Waals surface area contributed by atoms with E-state index >= 15 is 0 Å². The molecule has 4 rings (SSSR count). The summed E-state index contributed by atoms with van der Waals surface area (Å²) in [7, 11) is 3.96. The molecule has 0 bridgehead atoms. The van der Waals surface area contributed by atoms with E-state index in [2.05, 4.69) is 27.5 Å². The molecule has 4 heterocycles. The average molecular weight is 363 g/mol. The third-order valence-electron chi connectivity index (χ3n) is 5.43. The number of nitrogens with one attached hydrogen (secondary N) is 1. The van der Waals surface area contributed by atoms with Gasteiger partial charge in [0.2, 0.25) is 5.91 Å². The van der Waals surface area contributed by atoms with Crippen LogP contribution in [0.1, 0.15) is 48.0 Å². The molecular weight excluding hydrogens is 340 g/mol. The van der Waals surface area contributed by atoms with Gasteiger partial charge in [0.25, 0.3) is 0 Å². The van der Waals surface area contributed by atoms with Gasteiger partial charge >= 0.3 is 0 Å². The van der Waals surface area contributed by atoms with Crippen molar-refractivity contribution in [3.8, 4) is 0 Å². The molecule has 1 N–H and O–H groups in total.